The molecular weight excluding hydrogens is 239 g/mol. The summed E-state index contributed by atoms with van der Waals surface area (Å²) in [6.45, 7) is 0.225. The number of anilines is 1. The molecule has 0 saturated carbocycles. The Hall–Kier alpha value is -2.13. The van der Waals surface area contributed by atoms with E-state index in [1.165, 1.54) is 19.2 Å². The number of ether oxygens (including phenoxy) is 1. The van der Waals surface area contributed by atoms with Gasteiger partial charge in [0.1, 0.15) is 11.9 Å². The molecule has 0 heterocycles. The third-order valence-corrected chi connectivity index (χ3v) is 2.36. The predicted molar refractivity (Wildman–Crippen MR) is 62.7 cm³/mol. The summed E-state index contributed by atoms with van der Waals surface area (Å²) in [5.74, 6) is -1.46. The summed E-state index contributed by atoms with van der Waals surface area (Å²) >= 11 is 0. The van der Waals surface area contributed by atoms with Gasteiger partial charge < -0.3 is 15.2 Å². The normalized spacial score (nSPS) is 11.6. The van der Waals surface area contributed by atoms with Crippen molar-refractivity contribution in [3.05, 3.63) is 29.6 Å². The SMILES string of the molecule is COC(CNc1ccc(F)cc1C#N)CC(=O)O. The van der Waals surface area contributed by atoms with Crippen molar-refractivity contribution in [3.63, 3.8) is 0 Å². The molecule has 0 aliphatic carbocycles. The van der Waals surface area contributed by atoms with E-state index < -0.39 is 17.9 Å². The fourth-order valence-electron chi connectivity index (χ4n) is 1.42. The fourth-order valence-corrected chi connectivity index (χ4v) is 1.42. The van der Waals surface area contributed by atoms with E-state index in [9.17, 15) is 9.18 Å². The number of carboxylic acid groups (broad SMARTS) is 1. The Bertz CT molecular complexity index is 471. The maximum atomic E-state index is 12.9. The van der Waals surface area contributed by atoms with E-state index in [0.29, 0.717) is 5.69 Å². The number of hydrogen-bond donors (Lipinski definition) is 2. The highest BCUT2D eigenvalue weighted by atomic mass is 19.1. The number of benzene rings is 1. The molecule has 0 amide bonds. The standard InChI is InChI=1S/C12H13FN2O3/c1-18-10(5-12(16)17)7-15-11-3-2-9(13)4-8(11)6-14/h2-4,10,15H,5,7H2,1H3,(H,16,17). The van der Waals surface area contributed by atoms with Crippen molar-refractivity contribution < 1.29 is 19.0 Å². The Labute approximate surface area is 104 Å². The Morgan fingerprint density at radius 1 is 1.67 bits per heavy atom. The average Bonchev–Trinajstić information content (AvgIpc) is 2.34. The van der Waals surface area contributed by atoms with Crippen molar-refractivity contribution in [1.29, 1.82) is 5.26 Å². The van der Waals surface area contributed by atoms with Gasteiger partial charge in [0.25, 0.3) is 0 Å². The van der Waals surface area contributed by atoms with E-state index in [4.69, 9.17) is 15.1 Å². The topological polar surface area (TPSA) is 82.3 Å². The number of halogens is 1. The molecule has 1 unspecified atom stereocenters. The predicted octanol–water partition coefficient (Wildman–Crippen LogP) is 1.60. The van der Waals surface area contributed by atoms with Crippen molar-refractivity contribution in [2.24, 2.45) is 0 Å². The first-order valence-corrected chi connectivity index (χ1v) is 5.25. The van der Waals surface area contributed by atoms with Gasteiger partial charge in [0.05, 0.1) is 23.8 Å². The van der Waals surface area contributed by atoms with Gasteiger partial charge in [-0.05, 0) is 18.2 Å². The summed E-state index contributed by atoms with van der Waals surface area (Å²) in [6, 6.07) is 5.63. The van der Waals surface area contributed by atoms with Crippen LogP contribution >= 0.6 is 0 Å². The van der Waals surface area contributed by atoms with Crippen LogP contribution < -0.4 is 5.32 Å². The second kappa shape index (κ2) is 6.57. The highest BCUT2D eigenvalue weighted by molar-refractivity contribution is 5.67. The number of carboxylic acids is 1. The summed E-state index contributed by atoms with van der Waals surface area (Å²) in [5, 5.41) is 20.3. The van der Waals surface area contributed by atoms with Crippen LogP contribution in [0.2, 0.25) is 0 Å². The van der Waals surface area contributed by atoms with E-state index >= 15 is 0 Å². The number of hydrogen-bond acceptors (Lipinski definition) is 4. The van der Waals surface area contributed by atoms with Crippen LogP contribution in [0.4, 0.5) is 10.1 Å². The molecule has 0 fully saturated rings. The first-order chi connectivity index (χ1) is 8.56. The van der Waals surface area contributed by atoms with Crippen molar-refractivity contribution >= 4 is 11.7 Å². The first kappa shape index (κ1) is 13.9. The lowest BCUT2D eigenvalue weighted by Crippen LogP contribution is -2.25. The molecule has 96 valence electrons. The zero-order valence-electron chi connectivity index (χ0n) is 9.81. The lowest BCUT2D eigenvalue weighted by molar-refractivity contribution is -0.139. The van der Waals surface area contributed by atoms with Crippen LogP contribution in [0.15, 0.2) is 18.2 Å². The monoisotopic (exact) mass is 252 g/mol. The smallest absolute Gasteiger partial charge is 0.306 e. The molecule has 2 N–H and O–H groups in total. The molecule has 0 bridgehead atoms. The molecular formula is C12H13FN2O3. The quantitative estimate of drug-likeness (QED) is 0.803. The van der Waals surface area contributed by atoms with Crippen LogP contribution in [0, 0.1) is 17.1 Å². The summed E-state index contributed by atoms with van der Waals surface area (Å²) < 4.78 is 17.9. The van der Waals surface area contributed by atoms with Crippen LogP contribution in [0.3, 0.4) is 0 Å². The van der Waals surface area contributed by atoms with E-state index in [1.807, 2.05) is 6.07 Å². The number of aliphatic carboxylic acids is 1. The molecule has 0 saturated heterocycles. The lowest BCUT2D eigenvalue weighted by atomic mass is 10.1. The van der Waals surface area contributed by atoms with Crippen molar-refractivity contribution in [1.82, 2.24) is 0 Å². The minimum atomic E-state index is -0.969. The Morgan fingerprint density at radius 2 is 2.39 bits per heavy atom. The molecule has 18 heavy (non-hydrogen) atoms. The first-order valence-electron chi connectivity index (χ1n) is 5.25. The van der Waals surface area contributed by atoms with Crippen LogP contribution in [0.5, 0.6) is 0 Å². The van der Waals surface area contributed by atoms with Gasteiger partial charge in [0, 0.05) is 13.7 Å². The van der Waals surface area contributed by atoms with Crippen molar-refractivity contribution in [2.75, 3.05) is 19.0 Å². The van der Waals surface area contributed by atoms with E-state index in [0.717, 1.165) is 6.07 Å². The van der Waals surface area contributed by atoms with Crippen molar-refractivity contribution in [3.8, 4) is 6.07 Å². The molecule has 1 rings (SSSR count). The van der Waals surface area contributed by atoms with E-state index in [-0.39, 0.29) is 18.5 Å². The molecule has 0 aromatic heterocycles. The van der Waals surface area contributed by atoms with Crippen LogP contribution in [0.1, 0.15) is 12.0 Å². The molecule has 5 nitrogen and oxygen atoms in total. The van der Waals surface area contributed by atoms with Gasteiger partial charge in [0.2, 0.25) is 0 Å². The molecule has 6 heteroatoms. The fraction of sp³-hybridized carbons (Fsp3) is 0.333. The number of nitrogens with zero attached hydrogens (tertiary/aromatic N) is 1. The number of rotatable bonds is 6. The second-order valence-electron chi connectivity index (χ2n) is 3.64. The average molecular weight is 252 g/mol. The summed E-state index contributed by atoms with van der Waals surface area (Å²) in [6.07, 6.45) is -0.661. The number of methoxy groups -OCH3 is 1. The Morgan fingerprint density at radius 3 is 2.94 bits per heavy atom. The minimum Gasteiger partial charge on any atom is -0.481 e. The largest absolute Gasteiger partial charge is 0.481 e. The third-order valence-electron chi connectivity index (χ3n) is 2.36. The van der Waals surface area contributed by atoms with Gasteiger partial charge in [0.15, 0.2) is 0 Å². The zero-order valence-corrected chi connectivity index (χ0v) is 9.81. The number of nitrogens with one attached hydrogen (secondary N) is 1. The molecule has 0 aliphatic heterocycles. The van der Waals surface area contributed by atoms with Crippen molar-refractivity contribution in [2.45, 2.75) is 12.5 Å². The molecule has 0 spiro atoms. The summed E-state index contributed by atoms with van der Waals surface area (Å²) in [5.41, 5.74) is 0.617. The number of carbonyl (C=O) groups is 1. The molecule has 1 aromatic rings. The van der Waals surface area contributed by atoms with Crippen LogP contribution in [0.25, 0.3) is 0 Å². The maximum Gasteiger partial charge on any atom is 0.306 e. The van der Waals surface area contributed by atoms with Gasteiger partial charge in [-0.15, -0.1) is 0 Å². The van der Waals surface area contributed by atoms with Crippen LogP contribution in [-0.4, -0.2) is 30.8 Å². The molecule has 0 aliphatic rings. The van der Waals surface area contributed by atoms with Gasteiger partial charge >= 0.3 is 5.97 Å². The molecule has 1 aromatic carbocycles. The maximum absolute atomic E-state index is 12.9. The second-order valence-corrected chi connectivity index (χ2v) is 3.64. The highest BCUT2D eigenvalue weighted by Crippen LogP contribution is 2.16. The van der Waals surface area contributed by atoms with E-state index in [2.05, 4.69) is 5.32 Å². The van der Waals surface area contributed by atoms with Gasteiger partial charge in [-0.1, -0.05) is 0 Å². The molecule has 1 atom stereocenters. The van der Waals surface area contributed by atoms with Gasteiger partial charge in [-0.25, -0.2) is 4.39 Å². The lowest BCUT2D eigenvalue weighted by Gasteiger charge is -2.15. The Kier molecular flexibility index (Phi) is 5.08. The summed E-state index contributed by atoms with van der Waals surface area (Å²) in [7, 11) is 1.41. The summed E-state index contributed by atoms with van der Waals surface area (Å²) in [4.78, 5) is 10.5. The minimum absolute atomic E-state index is 0.146. The highest BCUT2D eigenvalue weighted by Gasteiger charge is 2.13. The van der Waals surface area contributed by atoms with Gasteiger partial charge in [-0.3, -0.25) is 4.79 Å². The van der Waals surface area contributed by atoms with Crippen LogP contribution in [-0.2, 0) is 9.53 Å². The third kappa shape index (κ3) is 4.03. The number of nitriles is 1. The van der Waals surface area contributed by atoms with E-state index in [1.54, 1.807) is 0 Å². The van der Waals surface area contributed by atoms with Gasteiger partial charge in [-0.2, -0.15) is 5.26 Å². The Balaban J connectivity index is 2.68. The zero-order chi connectivity index (χ0) is 13.5. The molecule has 0 radical (unpaired) electrons.